The first kappa shape index (κ1) is 12.9. The van der Waals surface area contributed by atoms with Gasteiger partial charge in [-0.25, -0.2) is 0 Å². The van der Waals surface area contributed by atoms with Gasteiger partial charge in [-0.1, -0.05) is 44.0 Å². The number of nitrogens with one attached hydrogen (secondary N) is 1. The molecule has 0 amide bonds. The fourth-order valence-electron chi connectivity index (χ4n) is 1.67. The molecule has 1 rings (SSSR count). The molecule has 3 heteroatoms. The van der Waals surface area contributed by atoms with Crippen molar-refractivity contribution in [1.29, 1.82) is 5.26 Å². The molecule has 0 saturated carbocycles. The Morgan fingerprint density at radius 2 is 2.12 bits per heavy atom. The smallest absolute Gasteiger partial charge is 0.117 e. The number of para-hydroxylation sites is 1. The molecule has 0 heterocycles. The molecule has 0 bridgehead atoms. The van der Waals surface area contributed by atoms with Gasteiger partial charge in [0.05, 0.1) is 16.8 Å². The maximum atomic E-state index is 9.12. The van der Waals surface area contributed by atoms with Crippen LogP contribution in [0.3, 0.4) is 0 Å². The van der Waals surface area contributed by atoms with Gasteiger partial charge in [0, 0.05) is 0 Å². The summed E-state index contributed by atoms with van der Waals surface area (Å²) in [5, 5.41) is 13.0. The van der Waals surface area contributed by atoms with E-state index in [4.69, 9.17) is 16.9 Å². The number of rotatable bonds is 5. The molecule has 2 unspecified atom stereocenters. The van der Waals surface area contributed by atoms with Crippen molar-refractivity contribution in [2.45, 2.75) is 32.7 Å². The minimum Gasteiger partial charge on any atom is -0.368 e. The predicted octanol–water partition coefficient (Wildman–Crippen LogP) is 4.08. The third-order valence-corrected chi connectivity index (χ3v) is 2.97. The van der Waals surface area contributed by atoms with E-state index < -0.39 is 0 Å². The molecule has 0 aliphatic rings. The van der Waals surface area contributed by atoms with Gasteiger partial charge in [0.25, 0.3) is 0 Å². The largest absolute Gasteiger partial charge is 0.368 e. The van der Waals surface area contributed by atoms with Crippen molar-refractivity contribution in [2.24, 2.45) is 5.92 Å². The maximum Gasteiger partial charge on any atom is 0.117 e. The monoisotopic (exact) mass is 236 g/mol. The van der Waals surface area contributed by atoms with Crippen LogP contribution in [0.5, 0.6) is 0 Å². The van der Waals surface area contributed by atoms with Crippen molar-refractivity contribution in [3.63, 3.8) is 0 Å². The first-order valence-corrected chi connectivity index (χ1v) is 5.97. The molecular formula is C13H17ClN2. The second-order valence-electron chi connectivity index (χ2n) is 4.00. The third kappa shape index (κ3) is 3.43. The number of nitrogens with zero attached hydrogens (tertiary/aromatic N) is 1. The van der Waals surface area contributed by atoms with E-state index in [1.807, 2.05) is 24.3 Å². The van der Waals surface area contributed by atoms with E-state index in [0.717, 1.165) is 18.5 Å². The Morgan fingerprint density at radius 1 is 1.44 bits per heavy atom. The fourth-order valence-corrected chi connectivity index (χ4v) is 1.86. The van der Waals surface area contributed by atoms with Crippen LogP contribution in [0.25, 0.3) is 0 Å². The summed E-state index contributed by atoms with van der Waals surface area (Å²) >= 11 is 6.04. The molecule has 86 valence electrons. The lowest BCUT2D eigenvalue weighted by Crippen LogP contribution is -2.25. The molecule has 16 heavy (non-hydrogen) atoms. The predicted molar refractivity (Wildman–Crippen MR) is 68.5 cm³/mol. The second-order valence-corrected chi connectivity index (χ2v) is 4.40. The van der Waals surface area contributed by atoms with Crippen LogP contribution >= 0.6 is 11.6 Å². The second kappa shape index (κ2) is 6.40. The van der Waals surface area contributed by atoms with E-state index in [1.54, 1.807) is 0 Å². The molecule has 0 saturated heterocycles. The van der Waals surface area contributed by atoms with Crippen LogP contribution in [0.1, 0.15) is 26.7 Å². The average Bonchev–Trinajstić information content (AvgIpc) is 2.28. The summed E-state index contributed by atoms with van der Waals surface area (Å²) in [6.45, 7) is 4.21. The summed E-state index contributed by atoms with van der Waals surface area (Å²) < 4.78 is 0. The minimum absolute atomic E-state index is 0.181. The molecule has 1 N–H and O–H groups in total. The molecule has 2 atom stereocenters. The van der Waals surface area contributed by atoms with Crippen LogP contribution in [-0.2, 0) is 0 Å². The number of benzene rings is 1. The van der Waals surface area contributed by atoms with Crippen molar-refractivity contribution in [3.05, 3.63) is 29.3 Å². The summed E-state index contributed by atoms with van der Waals surface area (Å²) in [6, 6.07) is 9.62. The van der Waals surface area contributed by atoms with Gasteiger partial charge in [-0.3, -0.25) is 0 Å². The Bertz CT molecular complexity index is 370. The first-order valence-electron chi connectivity index (χ1n) is 5.59. The molecule has 1 aromatic rings. The van der Waals surface area contributed by atoms with Gasteiger partial charge in [-0.15, -0.1) is 0 Å². The highest BCUT2D eigenvalue weighted by atomic mass is 35.5. The third-order valence-electron chi connectivity index (χ3n) is 2.64. The van der Waals surface area contributed by atoms with Crippen LogP contribution in [0, 0.1) is 17.2 Å². The number of hydrogen-bond donors (Lipinski definition) is 1. The van der Waals surface area contributed by atoms with Crippen LogP contribution in [-0.4, -0.2) is 6.04 Å². The molecule has 0 aliphatic heterocycles. The molecule has 1 aromatic carbocycles. The SMILES string of the molecule is CCCC(C)C(C#N)Nc1ccccc1Cl. The first-order chi connectivity index (χ1) is 7.69. The van der Waals surface area contributed by atoms with Crippen molar-refractivity contribution in [2.75, 3.05) is 5.32 Å². The van der Waals surface area contributed by atoms with Crippen LogP contribution < -0.4 is 5.32 Å². The number of halogens is 1. The molecule has 0 fully saturated rings. The highest BCUT2D eigenvalue weighted by Gasteiger charge is 2.16. The highest BCUT2D eigenvalue weighted by molar-refractivity contribution is 6.33. The molecule has 2 nitrogen and oxygen atoms in total. The number of anilines is 1. The Labute approximate surface area is 102 Å². The zero-order valence-electron chi connectivity index (χ0n) is 9.70. The van der Waals surface area contributed by atoms with Gasteiger partial charge in [-0.05, 0) is 24.5 Å². The quantitative estimate of drug-likeness (QED) is 0.836. The molecular weight excluding hydrogens is 220 g/mol. The molecule has 0 spiro atoms. The summed E-state index contributed by atoms with van der Waals surface area (Å²) in [5.74, 6) is 0.325. The Kier molecular flexibility index (Phi) is 5.14. The Balaban J connectivity index is 2.71. The normalized spacial score (nSPS) is 13.9. The van der Waals surface area contributed by atoms with E-state index >= 15 is 0 Å². The van der Waals surface area contributed by atoms with E-state index in [-0.39, 0.29) is 6.04 Å². The topological polar surface area (TPSA) is 35.8 Å². The van der Waals surface area contributed by atoms with Crippen LogP contribution in [0.4, 0.5) is 5.69 Å². The molecule has 0 aliphatic carbocycles. The minimum atomic E-state index is -0.181. The average molecular weight is 237 g/mol. The Hall–Kier alpha value is -1.20. The Morgan fingerprint density at radius 3 is 2.69 bits per heavy atom. The molecule has 0 radical (unpaired) electrons. The van der Waals surface area contributed by atoms with Crippen molar-refractivity contribution in [3.8, 4) is 6.07 Å². The van der Waals surface area contributed by atoms with Crippen molar-refractivity contribution >= 4 is 17.3 Å². The summed E-state index contributed by atoms with van der Waals surface area (Å²) in [7, 11) is 0. The van der Waals surface area contributed by atoms with Gasteiger partial charge in [0.15, 0.2) is 0 Å². The number of nitriles is 1. The van der Waals surface area contributed by atoms with Crippen LogP contribution in [0.2, 0.25) is 5.02 Å². The van der Waals surface area contributed by atoms with E-state index in [2.05, 4.69) is 25.2 Å². The molecule has 0 aromatic heterocycles. The van der Waals surface area contributed by atoms with Crippen molar-refractivity contribution < 1.29 is 0 Å². The van der Waals surface area contributed by atoms with Crippen molar-refractivity contribution in [1.82, 2.24) is 0 Å². The lowest BCUT2D eigenvalue weighted by molar-refractivity contribution is 0.500. The lowest BCUT2D eigenvalue weighted by Gasteiger charge is -2.20. The van der Waals surface area contributed by atoms with E-state index in [0.29, 0.717) is 10.9 Å². The summed E-state index contributed by atoms with van der Waals surface area (Å²) in [4.78, 5) is 0. The van der Waals surface area contributed by atoms with Gasteiger partial charge in [0.1, 0.15) is 6.04 Å². The maximum absolute atomic E-state index is 9.12. The van der Waals surface area contributed by atoms with Gasteiger partial charge >= 0.3 is 0 Å². The fraction of sp³-hybridized carbons (Fsp3) is 0.462. The number of hydrogen-bond acceptors (Lipinski definition) is 2. The van der Waals surface area contributed by atoms with Crippen LogP contribution in [0.15, 0.2) is 24.3 Å². The van der Waals surface area contributed by atoms with Gasteiger partial charge in [-0.2, -0.15) is 5.26 Å². The zero-order chi connectivity index (χ0) is 12.0. The van der Waals surface area contributed by atoms with E-state index in [9.17, 15) is 0 Å². The lowest BCUT2D eigenvalue weighted by atomic mass is 9.98. The highest BCUT2D eigenvalue weighted by Crippen LogP contribution is 2.23. The van der Waals surface area contributed by atoms with E-state index in [1.165, 1.54) is 0 Å². The standard InChI is InChI=1S/C13H17ClN2/c1-3-6-10(2)13(9-15)16-12-8-5-4-7-11(12)14/h4-5,7-8,10,13,16H,3,6H2,1-2H3. The van der Waals surface area contributed by atoms with Gasteiger partial charge in [0.2, 0.25) is 0 Å². The van der Waals surface area contributed by atoms with Gasteiger partial charge < -0.3 is 5.32 Å². The summed E-state index contributed by atoms with van der Waals surface area (Å²) in [6.07, 6.45) is 2.12. The zero-order valence-corrected chi connectivity index (χ0v) is 10.5. The summed E-state index contributed by atoms with van der Waals surface area (Å²) in [5.41, 5.74) is 0.832.